The number of nitrogens with zero attached hydrogens (tertiary/aromatic N) is 3. The molecule has 0 aliphatic heterocycles. The summed E-state index contributed by atoms with van der Waals surface area (Å²) in [6.45, 7) is -0.454. The molecule has 0 unspecified atom stereocenters. The van der Waals surface area contributed by atoms with Crippen LogP contribution in [0.5, 0.6) is 0 Å². The first kappa shape index (κ1) is 10.7. The number of halogens is 2. The molecule has 2 rings (SSSR count). The molecule has 84 valence electrons. The molecular formula is C10H9F2N3O. The molecule has 0 atom stereocenters. The fraction of sp³-hybridized carbons (Fsp3) is 0.200. The largest absolute Gasteiger partial charge is 0.392 e. The monoisotopic (exact) mass is 225 g/mol. The Labute approximate surface area is 90.2 Å². The summed E-state index contributed by atoms with van der Waals surface area (Å²) in [4.78, 5) is 3.79. The van der Waals surface area contributed by atoms with Crippen molar-refractivity contribution in [1.29, 1.82) is 0 Å². The molecular weight excluding hydrogens is 216 g/mol. The molecule has 0 bridgehead atoms. The molecule has 0 amide bonds. The molecule has 1 N–H and O–H groups in total. The first-order valence-electron chi connectivity index (χ1n) is 4.60. The van der Waals surface area contributed by atoms with Crippen molar-refractivity contribution in [3.05, 3.63) is 42.0 Å². The average molecular weight is 225 g/mol. The SMILES string of the molecule is OCc1cnn(-c2ccncc2)c1C(F)F. The Morgan fingerprint density at radius 2 is 2.00 bits per heavy atom. The molecule has 2 aromatic heterocycles. The summed E-state index contributed by atoms with van der Waals surface area (Å²) in [5, 5.41) is 12.8. The van der Waals surface area contributed by atoms with E-state index >= 15 is 0 Å². The van der Waals surface area contributed by atoms with Gasteiger partial charge in [0.05, 0.1) is 18.5 Å². The van der Waals surface area contributed by atoms with Crippen LogP contribution in [0.3, 0.4) is 0 Å². The Morgan fingerprint density at radius 1 is 1.31 bits per heavy atom. The number of aliphatic hydroxyl groups excluding tert-OH is 1. The van der Waals surface area contributed by atoms with Gasteiger partial charge in [-0.25, -0.2) is 13.5 Å². The third kappa shape index (κ3) is 1.79. The number of aliphatic hydroxyl groups is 1. The number of alkyl halides is 2. The molecule has 0 aliphatic carbocycles. The summed E-state index contributed by atoms with van der Waals surface area (Å²) in [5.74, 6) is 0. The van der Waals surface area contributed by atoms with Gasteiger partial charge in [0, 0.05) is 18.0 Å². The Hall–Kier alpha value is -1.82. The van der Waals surface area contributed by atoms with Crippen LogP contribution in [0.4, 0.5) is 8.78 Å². The van der Waals surface area contributed by atoms with E-state index in [9.17, 15) is 8.78 Å². The normalized spacial score (nSPS) is 11.0. The van der Waals surface area contributed by atoms with E-state index in [0.29, 0.717) is 5.69 Å². The van der Waals surface area contributed by atoms with Crippen molar-refractivity contribution >= 4 is 0 Å². The molecule has 2 aromatic rings. The summed E-state index contributed by atoms with van der Waals surface area (Å²) in [6, 6.07) is 3.14. The van der Waals surface area contributed by atoms with Gasteiger partial charge in [0.1, 0.15) is 5.69 Å². The van der Waals surface area contributed by atoms with Gasteiger partial charge >= 0.3 is 0 Å². The predicted octanol–water partition coefficient (Wildman–Crippen LogP) is 1.70. The number of aromatic nitrogens is 3. The summed E-state index contributed by atoms with van der Waals surface area (Å²) >= 11 is 0. The van der Waals surface area contributed by atoms with E-state index in [-0.39, 0.29) is 11.3 Å². The van der Waals surface area contributed by atoms with Crippen LogP contribution in [0.1, 0.15) is 17.7 Å². The topological polar surface area (TPSA) is 50.9 Å². The Balaban J connectivity index is 2.53. The lowest BCUT2D eigenvalue weighted by atomic mass is 10.2. The van der Waals surface area contributed by atoms with Gasteiger partial charge in [0.25, 0.3) is 6.43 Å². The molecule has 0 radical (unpaired) electrons. The van der Waals surface area contributed by atoms with E-state index in [1.807, 2.05) is 0 Å². The molecule has 0 aliphatic rings. The summed E-state index contributed by atoms with van der Waals surface area (Å²) < 4.78 is 26.7. The van der Waals surface area contributed by atoms with Crippen molar-refractivity contribution in [2.75, 3.05) is 0 Å². The Morgan fingerprint density at radius 3 is 2.56 bits per heavy atom. The van der Waals surface area contributed by atoms with Gasteiger partial charge in [0.2, 0.25) is 0 Å². The molecule has 16 heavy (non-hydrogen) atoms. The van der Waals surface area contributed by atoms with E-state index in [1.54, 1.807) is 12.1 Å². The fourth-order valence-electron chi connectivity index (χ4n) is 1.44. The zero-order chi connectivity index (χ0) is 11.5. The average Bonchev–Trinajstić information content (AvgIpc) is 2.73. The lowest BCUT2D eigenvalue weighted by Crippen LogP contribution is -2.04. The fourth-order valence-corrected chi connectivity index (χ4v) is 1.44. The second-order valence-electron chi connectivity index (χ2n) is 3.13. The molecule has 2 heterocycles. The van der Waals surface area contributed by atoms with Crippen LogP contribution in [-0.2, 0) is 6.61 Å². The molecule has 0 saturated heterocycles. The minimum Gasteiger partial charge on any atom is -0.392 e. The first-order valence-corrected chi connectivity index (χ1v) is 4.60. The van der Waals surface area contributed by atoms with Gasteiger partial charge in [-0.3, -0.25) is 4.98 Å². The minimum absolute atomic E-state index is 0.131. The van der Waals surface area contributed by atoms with Crippen molar-refractivity contribution in [2.45, 2.75) is 13.0 Å². The highest BCUT2D eigenvalue weighted by atomic mass is 19.3. The van der Waals surface area contributed by atoms with E-state index in [1.165, 1.54) is 18.6 Å². The molecule has 4 nitrogen and oxygen atoms in total. The minimum atomic E-state index is -2.68. The second-order valence-corrected chi connectivity index (χ2v) is 3.13. The number of hydrogen-bond acceptors (Lipinski definition) is 3. The van der Waals surface area contributed by atoms with Gasteiger partial charge in [0.15, 0.2) is 0 Å². The third-order valence-corrected chi connectivity index (χ3v) is 2.17. The maximum absolute atomic E-state index is 12.8. The zero-order valence-electron chi connectivity index (χ0n) is 8.22. The predicted molar refractivity (Wildman–Crippen MR) is 52.2 cm³/mol. The van der Waals surface area contributed by atoms with Crippen molar-refractivity contribution < 1.29 is 13.9 Å². The van der Waals surface area contributed by atoms with E-state index in [4.69, 9.17) is 5.11 Å². The second kappa shape index (κ2) is 4.36. The molecule has 0 saturated carbocycles. The van der Waals surface area contributed by atoms with Crippen LogP contribution in [-0.4, -0.2) is 19.9 Å². The number of hydrogen-bond donors (Lipinski definition) is 1. The van der Waals surface area contributed by atoms with Crippen LogP contribution in [0, 0.1) is 0 Å². The molecule has 0 aromatic carbocycles. The summed E-state index contributed by atoms with van der Waals surface area (Å²) in [5.41, 5.74) is 0.338. The quantitative estimate of drug-likeness (QED) is 0.864. The third-order valence-electron chi connectivity index (χ3n) is 2.17. The summed E-state index contributed by atoms with van der Waals surface area (Å²) in [6.07, 6.45) is 1.54. The van der Waals surface area contributed by atoms with Gasteiger partial charge in [-0.15, -0.1) is 0 Å². The highest BCUT2D eigenvalue weighted by molar-refractivity contribution is 5.33. The van der Waals surface area contributed by atoms with Gasteiger partial charge in [-0.05, 0) is 12.1 Å². The smallest absolute Gasteiger partial charge is 0.280 e. The summed E-state index contributed by atoms with van der Waals surface area (Å²) in [7, 11) is 0. The van der Waals surface area contributed by atoms with Crippen molar-refractivity contribution in [3.63, 3.8) is 0 Å². The van der Waals surface area contributed by atoms with Crippen LogP contribution < -0.4 is 0 Å². The number of pyridine rings is 1. The van der Waals surface area contributed by atoms with Gasteiger partial charge in [-0.2, -0.15) is 5.10 Å². The maximum Gasteiger partial charge on any atom is 0.280 e. The van der Waals surface area contributed by atoms with Crippen LogP contribution in [0.15, 0.2) is 30.7 Å². The maximum atomic E-state index is 12.8. The van der Waals surface area contributed by atoms with Crippen LogP contribution in [0.2, 0.25) is 0 Å². The Bertz CT molecular complexity index is 470. The lowest BCUT2D eigenvalue weighted by Gasteiger charge is -2.07. The highest BCUT2D eigenvalue weighted by Gasteiger charge is 2.20. The van der Waals surface area contributed by atoms with E-state index in [0.717, 1.165) is 4.68 Å². The van der Waals surface area contributed by atoms with E-state index in [2.05, 4.69) is 10.1 Å². The van der Waals surface area contributed by atoms with Crippen molar-refractivity contribution in [2.24, 2.45) is 0 Å². The van der Waals surface area contributed by atoms with Gasteiger partial charge in [-0.1, -0.05) is 0 Å². The molecule has 0 fully saturated rings. The molecule has 6 heteroatoms. The van der Waals surface area contributed by atoms with Crippen LogP contribution in [0.25, 0.3) is 5.69 Å². The van der Waals surface area contributed by atoms with Crippen molar-refractivity contribution in [3.8, 4) is 5.69 Å². The number of rotatable bonds is 3. The molecule has 0 spiro atoms. The first-order chi connectivity index (χ1) is 7.74. The van der Waals surface area contributed by atoms with Gasteiger partial charge < -0.3 is 5.11 Å². The van der Waals surface area contributed by atoms with E-state index < -0.39 is 13.0 Å². The van der Waals surface area contributed by atoms with Crippen LogP contribution >= 0.6 is 0 Å². The van der Waals surface area contributed by atoms with Crippen molar-refractivity contribution in [1.82, 2.24) is 14.8 Å². The highest BCUT2D eigenvalue weighted by Crippen LogP contribution is 2.25. The lowest BCUT2D eigenvalue weighted by molar-refractivity contribution is 0.138. The standard InChI is InChI=1S/C10H9F2N3O/c11-10(12)9-7(6-16)5-14-15(9)8-1-3-13-4-2-8/h1-5,10,16H,6H2. The zero-order valence-corrected chi connectivity index (χ0v) is 8.22. The Kier molecular flexibility index (Phi) is 2.91.